The second-order valence-electron chi connectivity index (χ2n) is 3.48. The molecule has 1 atom stereocenters. The van der Waals surface area contributed by atoms with Gasteiger partial charge in [0.05, 0.1) is 13.0 Å². The summed E-state index contributed by atoms with van der Waals surface area (Å²) in [6.07, 6.45) is 0.241. The smallest absolute Gasteiger partial charge is 0.307 e. The van der Waals surface area contributed by atoms with E-state index in [-0.39, 0.29) is 12.5 Å². The summed E-state index contributed by atoms with van der Waals surface area (Å²) in [5.74, 6) is -0.137. The first-order valence-corrected chi connectivity index (χ1v) is 4.79. The lowest BCUT2D eigenvalue weighted by molar-refractivity contribution is -0.136. The van der Waals surface area contributed by atoms with Gasteiger partial charge in [0.25, 0.3) is 0 Å². The highest BCUT2D eigenvalue weighted by Gasteiger charge is 2.22. The number of ether oxygens (including phenoxy) is 2. The van der Waals surface area contributed by atoms with Crippen LogP contribution in [0.25, 0.3) is 0 Å². The zero-order valence-electron chi connectivity index (χ0n) is 8.18. The van der Waals surface area contributed by atoms with Gasteiger partial charge < -0.3 is 14.6 Å². The molecule has 0 amide bonds. The maximum atomic E-state index is 10.5. The molecule has 0 spiro atoms. The predicted octanol–water partition coefficient (Wildman–Crippen LogP) is 1.09. The van der Waals surface area contributed by atoms with Gasteiger partial charge in [0.2, 0.25) is 0 Å². The fourth-order valence-electron chi connectivity index (χ4n) is 1.27. The predicted molar refractivity (Wildman–Crippen MR) is 53.0 cm³/mol. The Labute approximate surface area is 87.4 Å². The lowest BCUT2D eigenvalue weighted by Crippen LogP contribution is -2.05. The zero-order chi connectivity index (χ0) is 10.7. The van der Waals surface area contributed by atoms with Crippen LogP contribution < -0.4 is 4.74 Å². The van der Waals surface area contributed by atoms with Gasteiger partial charge in [-0.1, -0.05) is 12.1 Å². The summed E-state index contributed by atoms with van der Waals surface area (Å²) < 4.78 is 10.4. The Balaban J connectivity index is 1.94. The molecular formula is C11H12O4. The van der Waals surface area contributed by atoms with Crippen molar-refractivity contribution in [3.8, 4) is 5.75 Å². The molecule has 1 aromatic rings. The summed E-state index contributed by atoms with van der Waals surface area (Å²) in [6.45, 7) is 1.30. The molecule has 1 aliphatic rings. The summed E-state index contributed by atoms with van der Waals surface area (Å²) in [5, 5.41) is 8.63. The Bertz CT molecular complexity index is 357. The molecule has 4 heteroatoms. The fourth-order valence-corrected chi connectivity index (χ4v) is 1.27. The van der Waals surface area contributed by atoms with Crippen LogP contribution in [0.15, 0.2) is 24.3 Å². The molecule has 1 saturated heterocycles. The minimum absolute atomic E-state index is 0.0249. The van der Waals surface area contributed by atoms with Crippen LogP contribution in [0.5, 0.6) is 5.75 Å². The van der Waals surface area contributed by atoms with Crippen LogP contribution in [0.3, 0.4) is 0 Å². The van der Waals surface area contributed by atoms with E-state index in [1.165, 1.54) is 0 Å². The standard InChI is InChI=1S/C11H12O4/c12-11(13)5-8-2-1-3-9(4-8)14-6-10-7-15-10/h1-4,10H,5-7H2,(H,12,13). The highest BCUT2D eigenvalue weighted by molar-refractivity contribution is 5.70. The summed E-state index contributed by atoms with van der Waals surface area (Å²) in [5.41, 5.74) is 0.747. The van der Waals surface area contributed by atoms with Gasteiger partial charge in [0.1, 0.15) is 18.5 Å². The molecule has 80 valence electrons. The topological polar surface area (TPSA) is 59.1 Å². The van der Waals surface area contributed by atoms with Gasteiger partial charge in [-0.2, -0.15) is 0 Å². The van der Waals surface area contributed by atoms with Crippen molar-refractivity contribution in [1.82, 2.24) is 0 Å². The number of carbonyl (C=O) groups is 1. The van der Waals surface area contributed by atoms with Gasteiger partial charge in [0.15, 0.2) is 0 Å². The highest BCUT2D eigenvalue weighted by atomic mass is 16.6. The van der Waals surface area contributed by atoms with Crippen LogP contribution in [0.2, 0.25) is 0 Å². The zero-order valence-corrected chi connectivity index (χ0v) is 8.18. The number of benzene rings is 1. The molecule has 0 aliphatic carbocycles. The Morgan fingerprint density at radius 3 is 3.07 bits per heavy atom. The van der Waals surface area contributed by atoms with E-state index in [2.05, 4.69) is 0 Å². The maximum absolute atomic E-state index is 10.5. The van der Waals surface area contributed by atoms with E-state index >= 15 is 0 Å². The Morgan fingerprint density at radius 1 is 1.60 bits per heavy atom. The number of hydrogen-bond donors (Lipinski definition) is 1. The van der Waals surface area contributed by atoms with Crippen LogP contribution in [-0.2, 0) is 16.0 Å². The van der Waals surface area contributed by atoms with Crippen molar-refractivity contribution in [3.63, 3.8) is 0 Å². The van der Waals surface area contributed by atoms with Crippen LogP contribution in [0.1, 0.15) is 5.56 Å². The van der Waals surface area contributed by atoms with E-state index in [1.807, 2.05) is 6.07 Å². The van der Waals surface area contributed by atoms with E-state index in [4.69, 9.17) is 14.6 Å². The molecular weight excluding hydrogens is 196 g/mol. The molecule has 1 fully saturated rings. The van der Waals surface area contributed by atoms with Crippen LogP contribution in [0, 0.1) is 0 Å². The largest absolute Gasteiger partial charge is 0.491 e. The lowest BCUT2D eigenvalue weighted by Gasteiger charge is -2.05. The Hall–Kier alpha value is -1.55. The third kappa shape index (κ3) is 3.25. The van der Waals surface area contributed by atoms with E-state index in [1.54, 1.807) is 18.2 Å². The van der Waals surface area contributed by atoms with Crippen molar-refractivity contribution in [1.29, 1.82) is 0 Å². The minimum atomic E-state index is -0.835. The van der Waals surface area contributed by atoms with Gasteiger partial charge >= 0.3 is 5.97 Å². The Morgan fingerprint density at radius 2 is 2.40 bits per heavy atom. The van der Waals surface area contributed by atoms with Crippen molar-refractivity contribution in [3.05, 3.63) is 29.8 Å². The molecule has 0 aromatic heterocycles. The number of aliphatic carboxylic acids is 1. The lowest BCUT2D eigenvalue weighted by atomic mass is 10.1. The summed E-state index contributed by atoms with van der Waals surface area (Å²) >= 11 is 0. The van der Waals surface area contributed by atoms with Crippen molar-refractivity contribution in [2.24, 2.45) is 0 Å². The number of carboxylic acids is 1. The van der Waals surface area contributed by atoms with Gasteiger partial charge in [-0.25, -0.2) is 0 Å². The maximum Gasteiger partial charge on any atom is 0.307 e. The van der Waals surface area contributed by atoms with Crippen molar-refractivity contribution in [2.45, 2.75) is 12.5 Å². The van der Waals surface area contributed by atoms with Crippen molar-refractivity contribution in [2.75, 3.05) is 13.2 Å². The first kappa shape index (κ1) is 9.98. The number of hydrogen-bond acceptors (Lipinski definition) is 3. The molecule has 1 aliphatic heterocycles. The minimum Gasteiger partial charge on any atom is -0.491 e. The van der Waals surface area contributed by atoms with Crippen LogP contribution >= 0.6 is 0 Å². The summed E-state index contributed by atoms with van der Waals surface area (Å²) in [4.78, 5) is 10.5. The second kappa shape index (κ2) is 4.31. The van der Waals surface area contributed by atoms with Gasteiger partial charge in [0, 0.05) is 0 Å². The molecule has 0 radical (unpaired) electrons. The fraction of sp³-hybridized carbons (Fsp3) is 0.364. The first-order valence-electron chi connectivity index (χ1n) is 4.79. The Kier molecular flexibility index (Phi) is 2.87. The quantitative estimate of drug-likeness (QED) is 0.736. The molecule has 4 nitrogen and oxygen atoms in total. The second-order valence-corrected chi connectivity index (χ2v) is 3.48. The molecule has 15 heavy (non-hydrogen) atoms. The molecule has 2 rings (SSSR count). The van der Waals surface area contributed by atoms with Crippen molar-refractivity contribution < 1.29 is 19.4 Å². The average Bonchev–Trinajstić information content (AvgIpc) is 2.97. The molecule has 1 aromatic carbocycles. The van der Waals surface area contributed by atoms with Gasteiger partial charge in [-0.05, 0) is 17.7 Å². The van der Waals surface area contributed by atoms with E-state index in [0.717, 1.165) is 12.2 Å². The molecule has 1 unspecified atom stereocenters. The van der Waals surface area contributed by atoms with E-state index in [0.29, 0.717) is 12.4 Å². The number of carboxylic acid groups (broad SMARTS) is 1. The van der Waals surface area contributed by atoms with E-state index < -0.39 is 5.97 Å². The molecule has 0 bridgehead atoms. The monoisotopic (exact) mass is 208 g/mol. The van der Waals surface area contributed by atoms with Gasteiger partial charge in [-0.15, -0.1) is 0 Å². The summed E-state index contributed by atoms with van der Waals surface area (Å²) in [6, 6.07) is 7.13. The average molecular weight is 208 g/mol. The first-order chi connectivity index (χ1) is 7.24. The molecule has 0 saturated carbocycles. The van der Waals surface area contributed by atoms with E-state index in [9.17, 15) is 4.79 Å². The third-order valence-electron chi connectivity index (χ3n) is 2.09. The highest BCUT2D eigenvalue weighted by Crippen LogP contribution is 2.16. The van der Waals surface area contributed by atoms with Crippen molar-refractivity contribution >= 4 is 5.97 Å². The molecule has 1 heterocycles. The van der Waals surface area contributed by atoms with Crippen LogP contribution in [-0.4, -0.2) is 30.4 Å². The van der Waals surface area contributed by atoms with Gasteiger partial charge in [-0.3, -0.25) is 4.79 Å². The molecule has 1 N–H and O–H groups in total. The SMILES string of the molecule is O=C(O)Cc1cccc(OCC2CO2)c1. The normalized spacial score (nSPS) is 18.5. The summed E-state index contributed by atoms with van der Waals surface area (Å²) in [7, 11) is 0. The van der Waals surface area contributed by atoms with Crippen LogP contribution in [0.4, 0.5) is 0 Å². The number of epoxide rings is 1. The third-order valence-corrected chi connectivity index (χ3v) is 2.09. The number of rotatable bonds is 5.